The minimum atomic E-state index is -0.0424. The summed E-state index contributed by atoms with van der Waals surface area (Å²) in [5.41, 5.74) is -0.0424. The van der Waals surface area contributed by atoms with Gasteiger partial charge in [0.1, 0.15) is 6.10 Å². The van der Waals surface area contributed by atoms with Gasteiger partial charge in [-0.05, 0) is 82.0 Å². The number of hydrogen-bond donors (Lipinski definition) is 1. The molecule has 5 aliphatic rings. The average Bonchev–Trinajstić information content (AvgIpc) is 2.64. The number of aromatic nitrogens is 2. The number of ether oxygens (including phenoxy) is 1. The van der Waals surface area contributed by atoms with Crippen molar-refractivity contribution in [3.63, 3.8) is 0 Å². The van der Waals surface area contributed by atoms with Gasteiger partial charge in [0.05, 0.1) is 17.4 Å². The predicted octanol–water partition coefficient (Wildman–Crippen LogP) is 4.15. The average molecular weight is 390 g/mol. The Labute approximate surface area is 165 Å². The summed E-state index contributed by atoms with van der Waals surface area (Å²) < 4.78 is 5.87. The fourth-order valence-corrected chi connectivity index (χ4v) is 6.66. The second-order valence-electron chi connectivity index (χ2n) is 9.45. The Balaban J connectivity index is 1.14. The van der Waals surface area contributed by atoms with Crippen LogP contribution in [0, 0.1) is 23.2 Å². The standard InChI is InChI=1S/C21H28ClN3O2/c22-16-11-23-20(24-12-16)27-18-3-1-17(2-4-18)25-19(26)21-8-13-5-14(9-21)7-15(6-13)10-21/h11-15,17-18H,1-10H2,(H,25,26). The number of rotatable bonds is 4. The maximum Gasteiger partial charge on any atom is 0.316 e. The number of halogens is 1. The number of amides is 1. The zero-order valence-electron chi connectivity index (χ0n) is 15.7. The summed E-state index contributed by atoms with van der Waals surface area (Å²) in [5, 5.41) is 3.94. The van der Waals surface area contributed by atoms with Crippen LogP contribution in [0.15, 0.2) is 12.4 Å². The smallest absolute Gasteiger partial charge is 0.316 e. The number of carbonyl (C=O) groups is 1. The minimum absolute atomic E-state index is 0.0424. The van der Waals surface area contributed by atoms with Crippen molar-refractivity contribution in [3.8, 4) is 6.01 Å². The first-order valence-corrected chi connectivity index (χ1v) is 10.9. The first-order valence-electron chi connectivity index (χ1n) is 10.5. The Morgan fingerprint density at radius 2 is 1.56 bits per heavy atom. The highest BCUT2D eigenvalue weighted by molar-refractivity contribution is 6.30. The van der Waals surface area contributed by atoms with E-state index in [1.165, 1.54) is 19.3 Å². The van der Waals surface area contributed by atoms with Gasteiger partial charge in [-0.25, -0.2) is 9.97 Å². The number of carbonyl (C=O) groups excluding carboxylic acids is 1. The van der Waals surface area contributed by atoms with Crippen LogP contribution < -0.4 is 10.1 Å². The molecule has 1 aromatic heterocycles. The molecule has 0 radical (unpaired) electrons. The van der Waals surface area contributed by atoms with Gasteiger partial charge < -0.3 is 10.1 Å². The molecule has 1 aromatic rings. The summed E-state index contributed by atoms with van der Waals surface area (Å²) in [6, 6.07) is 0.678. The van der Waals surface area contributed by atoms with Gasteiger partial charge in [0.2, 0.25) is 5.91 Å². The quantitative estimate of drug-likeness (QED) is 0.840. The van der Waals surface area contributed by atoms with E-state index >= 15 is 0 Å². The molecule has 0 saturated heterocycles. The van der Waals surface area contributed by atoms with Crippen LogP contribution >= 0.6 is 11.6 Å². The van der Waals surface area contributed by atoms with Crippen LogP contribution in [0.4, 0.5) is 0 Å². The lowest BCUT2D eigenvalue weighted by atomic mass is 9.49. The number of nitrogens with one attached hydrogen (secondary N) is 1. The Kier molecular flexibility index (Phi) is 4.53. The molecule has 0 spiro atoms. The highest BCUT2D eigenvalue weighted by Crippen LogP contribution is 2.60. The largest absolute Gasteiger partial charge is 0.460 e. The lowest BCUT2D eigenvalue weighted by molar-refractivity contribution is -0.147. The van der Waals surface area contributed by atoms with E-state index in [-0.39, 0.29) is 17.6 Å². The molecule has 6 heteroatoms. The van der Waals surface area contributed by atoms with Crippen LogP contribution in [0.5, 0.6) is 6.01 Å². The van der Waals surface area contributed by atoms with Gasteiger partial charge in [0.15, 0.2) is 0 Å². The van der Waals surface area contributed by atoms with Crippen molar-refractivity contribution in [1.29, 1.82) is 0 Å². The van der Waals surface area contributed by atoms with Crippen molar-refractivity contribution < 1.29 is 9.53 Å². The monoisotopic (exact) mass is 389 g/mol. The molecule has 27 heavy (non-hydrogen) atoms. The van der Waals surface area contributed by atoms with Crippen LogP contribution in [0.3, 0.4) is 0 Å². The van der Waals surface area contributed by atoms with E-state index in [0.29, 0.717) is 16.9 Å². The summed E-state index contributed by atoms with van der Waals surface area (Å²) in [5.74, 6) is 2.79. The van der Waals surface area contributed by atoms with Crippen molar-refractivity contribution >= 4 is 17.5 Å². The van der Waals surface area contributed by atoms with Crippen molar-refractivity contribution in [3.05, 3.63) is 17.4 Å². The third kappa shape index (κ3) is 3.55. The van der Waals surface area contributed by atoms with E-state index in [1.807, 2.05) is 0 Å². The van der Waals surface area contributed by atoms with E-state index in [0.717, 1.165) is 62.7 Å². The van der Waals surface area contributed by atoms with E-state index in [2.05, 4.69) is 15.3 Å². The first kappa shape index (κ1) is 17.7. The second-order valence-corrected chi connectivity index (χ2v) is 9.88. The molecule has 5 nitrogen and oxygen atoms in total. The molecule has 0 aromatic carbocycles. The molecular weight excluding hydrogens is 362 g/mol. The normalized spacial score (nSPS) is 40.0. The van der Waals surface area contributed by atoms with Crippen molar-refractivity contribution in [2.24, 2.45) is 23.2 Å². The minimum Gasteiger partial charge on any atom is -0.460 e. The summed E-state index contributed by atoms with van der Waals surface area (Å²) >= 11 is 5.81. The molecule has 1 amide bonds. The van der Waals surface area contributed by atoms with Crippen molar-refractivity contribution in [2.45, 2.75) is 76.4 Å². The Bertz CT molecular complexity index is 665. The van der Waals surface area contributed by atoms with Gasteiger partial charge in [0, 0.05) is 11.5 Å². The van der Waals surface area contributed by atoms with E-state index < -0.39 is 0 Å². The van der Waals surface area contributed by atoms with Crippen LogP contribution in [0.2, 0.25) is 5.02 Å². The third-order valence-corrected chi connectivity index (χ3v) is 7.59. The molecule has 5 saturated carbocycles. The van der Waals surface area contributed by atoms with Gasteiger partial charge in [0.25, 0.3) is 0 Å². The lowest BCUT2D eigenvalue weighted by Crippen LogP contribution is -2.55. The van der Waals surface area contributed by atoms with Gasteiger partial charge in [-0.2, -0.15) is 0 Å². The topological polar surface area (TPSA) is 64.1 Å². The molecule has 6 rings (SSSR count). The highest BCUT2D eigenvalue weighted by Gasteiger charge is 2.54. The number of hydrogen-bond acceptors (Lipinski definition) is 4. The predicted molar refractivity (Wildman–Crippen MR) is 102 cm³/mol. The van der Waals surface area contributed by atoms with E-state index in [1.54, 1.807) is 12.4 Å². The summed E-state index contributed by atoms with van der Waals surface area (Å²) in [6.45, 7) is 0. The van der Waals surface area contributed by atoms with Gasteiger partial charge >= 0.3 is 6.01 Å². The van der Waals surface area contributed by atoms with Crippen molar-refractivity contribution in [2.75, 3.05) is 0 Å². The molecule has 0 aliphatic heterocycles. The Morgan fingerprint density at radius 1 is 1.00 bits per heavy atom. The Hall–Kier alpha value is -1.36. The van der Waals surface area contributed by atoms with E-state index in [9.17, 15) is 4.79 Å². The van der Waals surface area contributed by atoms with Gasteiger partial charge in [-0.1, -0.05) is 11.6 Å². The zero-order chi connectivity index (χ0) is 18.4. The van der Waals surface area contributed by atoms with Crippen LogP contribution in [0.25, 0.3) is 0 Å². The fraction of sp³-hybridized carbons (Fsp3) is 0.762. The van der Waals surface area contributed by atoms with Crippen molar-refractivity contribution in [1.82, 2.24) is 15.3 Å². The highest BCUT2D eigenvalue weighted by atomic mass is 35.5. The SMILES string of the molecule is O=C(NC1CCC(Oc2ncc(Cl)cn2)CC1)C12CC3CC(CC(C3)C1)C2. The molecule has 0 atom stereocenters. The molecule has 146 valence electrons. The Morgan fingerprint density at radius 3 is 2.11 bits per heavy atom. The second kappa shape index (κ2) is 6.91. The van der Waals surface area contributed by atoms with Crippen LogP contribution in [-0.2, 0) is 4.79 Å². The van der Waals surface area contributed by atoms with Crippen LogP contribution in [-0.4, -0.2) is 28.0 Å². The van der Waals surface area contributed by atoms with Gasteiger partial charge in [-0.15, -0.1) is 0 Å². The summed E-state index contributed by atoms with van der Waals surface area (Å²) in [4.78, 5) is 21.4. The molecule has 1 heterocycles. The first-order chi connectivity index (χ1) is 13.1. The fourth-order valence-electron chi connectivity index (χ4n) is 6.56. The van der Waals surface area contributed by atoms with Crippen LogP contribution in [0.1, 0.15) is 64.2 Å². The molecule has 5 aliphatic carbocycles. The van der Waals surface area contributed by atoms with Gasteiger partial charge in [-0.3, -0.25) is 4.79 Å². The molecular formula is C21H28ClN3O2. The third-order valence-electron chi connectivity index (χ3n) is 7.40. The molecule has 0 unspecified atom stereocenters. The molecule has 1 N–H and O–H groups in total. The van der Waals surface area contributed by atoms with E-state index in [4.69, 9.17) is 16.3 Å². The molecule has 5 fully saturated rings. The summed E-state index contributed by atoms with van der Waals surface area (Å²) in [6.07, 6.45) is 14.6. The lowest BCUT2D eigenvalue weighted by Gasteiger charge is -2.56. The molecule has 4 bridgehead atoms. The summed E-state index contributed by atoms with van der Waals surface area (Å²) in [7, 11) is 0. The maximum atomic E-state index is 13.2. The zero-order valence-corrected chi connectivity index (χ0v) is 16.5. The maximum absolute atomic E-state index is 13.2. The number of nitrogens with zero attached hydrogens (tertiary/aromatic N) is 2.